The van der Waals surface area contributed by atoms with Gasteiger partial charge < -0.3 is 14.8 Å². The molecule has 0 saturated carbocycles. The van der Waals surface area contributed by atoms with Crippen LogP contribution in [0.1, 0.15) is 21.7 Å². The van der Waals surface area contributed by atoms with Crippen molar-refractivity contribution in [2.45, 2.75) is 13.5 Å². The summed E-state index contributed by atoms with van der Waals surface area (Å²) in [5.74, 6) is -1.17. The second-order valence-electron chi connectivity index (χ2n) is 6.17. The minimum atomic E-state index is -0.526. The Morgan fingerprint density at radius 3 is 2.70 bits per heavy atom. The Bertz CT molecular complexity index is 1130. The Labute approximate surface area is 153 Å². The molecule has 0 aliphatic heterocycles. The molecule has 136 valence electrons. The van der Waals surface area contributed by atoms with E-state index in [0.29, 0.717) is 11.4 Å². The number of nitrogens with one attached hydrogen (secondary N) is 1. The third kappa shape index (κ3) is 3.37. The molecule has 4 aromatic rings. The highest BCUT2D eigenvalue weighted by Gasteiger charge is 2.17. The standard InChI is InChI=1S/C19H16FN5O2/c1-12-2-7-17-22-14(10-24(17)9-12)8-21-19(27)18-16(26)11-25(23-18)15-5-3-13(20)4-6-15/h2-7,9-11,26H,8H2,1H3,(H,21,27). The van der Waals surface area contributed by atoms with Gasteiger partial charge in [-0.3, -0.25) is 4.79 Å². The van der Waals surface area contributed by atoms with Crippen LogP contribution in [0.25, 0.3) is 11.3 Å². The summed E-state index contributed by atoms with van der Waals surface area (Å²) in [6.07, 6.45) is 5.08. The van der Waals surface area contributed by atoms with E-state index in [0.717, 1.165) is 11.2 Å². The molecule has 1 aromatic carbocycles. The van der Waals surface area contributed by atoms with E-state index in [1.807, 2.05) is 35.9 Å². The number of hydrogen-bond acceptors (Lipinski definition) is 4. The SMILES string of the molecule is Cc1ccc2nc(CNC(=O)c3nn(-c4ccc(F)cc4)cc3O)cn2c1. The Morgan fingerprint density at radius 1 is 1.15 bits per heavy atom. The molecule has 27 heavy (non-hydrogen) atoms. The fourth-order valence-corrected chi connectivity index (χ4v) is 2.75. The van der Waals surface area contributed by atoms with Crippen LogP contribution in [0.15, 0.2) is 55.0 Å². The van der Waals surface area contributed by atoms with Crippen LogP contribution in [-0.4, -0.2) is 30.2 Å². The summed E-state index contributed by atoms with van der Waals surface area (Å²) in [7, 11) is 0. The Morgan fingerprint density at radius 2 is 1.93 bits per heavy atom. The number of aromatic hydroxyl groups is 1. The van der Waals surface area contributed by atoms with Gasteiger partial charge in [0.1, 0.15) is 11.5 Å². The van der Waals surface area contributed by atoms with E-state index in [1.54, 1.807) is 0 Å². The predicted octanol–water partition coefficient (Wildman–Crippen LogP) is 2.60. The summed E-state index contributed by atoms with van der Waals surface area (Å²) in [4.78, 5) is 16.8. The van der Waals surface area contributed by atoms with Gasteiger partial charge in [-0.25, -0.2) is 14.1 Å². The maximum absolute atomic E-state index is 13.0. The molecule has 3 aromatic heterocycles. The summed E-state index contributed by atoms with van der Waals surface area (Å²) in [5, 5.41) is 16.8. The largest absolute Gasteiger partial charge is 0.504 e. The smallest absolute Gasteiger partial charge is 0.275 e. The van der Waals surface area contributed by atoms with E-state index in [1.165, 1.54) is 35.1 Å². The Balaban J connectivity index is 1.50. The van der Waals surface area contributed by atoms with Crippen LogP contribution < -0.4 is 5.32 Å². The van der Waals surface area contributed by atoms with Gasteiger partial charge in [0.05, 0.1) is 24.1 Å². The van der Waals surface area contributed by atoms with Crippen molar-refractivity contribution in [2.75, 3.05) is 0 Å². The molecule has 8 heteroatoms. The number of amides is 1. The number of pyridine rings is 1. The normalized spacial score (nSPS) is 11.0. The van der Waals surface area contributed by atoms with Crippen LogP contribution in [0.4, 0.5) is 4.39 Å². The van der Waals surface area contributed by atoms with Gasteiger partial charge in [-0.15, -0.1) is 0 Å². The summed E-state index contributed by atoms with van der Waals surface area (Å²) < 4.78 is 16.2. The molecule has 0 bridgehead atoms. The van der Waals surface area contributed by atoms with Crippen molar-refractivity contribution < 1.29 is 14.3 Å². The average Bonchev–Trinajstić information content (AvgIpc) is 3.23. The molecular weight excluding hydrogens is 349 g/mol. The van der Waals surface area contributed by atoms with E-state index in [2.05, 4.69) is 15.4 Å². The number of rotatable bonds is 4. The molecule has 0 unspecified atom stereocenters. The zero-order valence-electron chi connectivity index (χ0n) is 14.4. The maximum atomic E-state index is 13.0. The van der Waals surface area contributed by atoms with Gasteiger partial charge in [0, 0.05) is 12.4 Å². The van der Waals surface area contributed by atoms with Gasteiger partial charge in [0.2, 0.25) is 0 Å². The van der Waals surface area contributed by atoms with Crippen molar-refractivity contribution in [3.63, 3.8) is 0 Å². The molecule has 2 N–H and O–H groups in total. The van der Waals surface area contributed by atoms with Gasteiger partial charge in [-0.05, 0) is 42.8 Å². The van der Waals surface area contributed by atoms with Gasteiger partial charge in [0.15, 0.2) is 11.4 Å². The number of nitrogens with zero attached hydrogens (tertiary/aromatic N) is 4. The summed E-state index contributed by atoms with van der Waals surface area (Å²) in [6, 6.07) is 9.42. The first-order valence-corrected chi connectivity index (χ1v) is 8.26. The molecule has 0 atom stereocenters. The van der Waals surface area contributed by atoms with Crippen molar-refractivity contribution >= 4 is 11.6 Å². The van der Waals surface area contributed by atoms with Crippen LogP contribution in [0.5, 0.6) is 5.75 Å². The number of imidazole rings is 1. The topological polar surface area (TPSA) is 84.5 Å². The van der Waals surface area contributed by atoms with E-state index in [4.69, 9.17) is 0 Å². The highest BCUT2D eigenvalue weighted by Crippen LogP contribution is 2.18. The molecule has 0 radical (unpaired) electrons. The second-order valence-corrected chi connectivity index (χ2v) is 6.17. The van der Waals surface area contributed by atoms with Crippen molar-refractivity contribution in [3.8, 4) is 11.4 Å². The van der Waals surface area contributed by atoms with Gasteiger partial charge >= 0.3 is 0 Å². The van der Waals surface area contributed by atoms with Crippen molar-refractivity contribution in [2.24, 2.45) is 0 Å². The molecule has 4 rings (SSSR count). The number of carbonyl (C=O) groups is 1. The number of halogens is 1. The number of aryl methyl sites for hydroxylation is 1. The zero-order valence-corrected chi connectivity index (χ0v) is 14.4. The first kappa shape index (κ1) is 16.8. The molecular formula is C19H16FN5O2. The summed E-state index contributed by atoms with van der Waals surface area (Å²) in [5.41, 5.74) is 2.99. The van der Waals surface area contributed by atoms with Gasteiger partial charge in [0.25, 0.3) is 5.91 Å². The minimum Gasteiger partial charge on any atom is -0.504 e. The van der Waals surface area contributed by atoms with Crippen molar-refractivity contribution in [1.29, 1.82) is 0 Å². The molecule has 0 fully saturated rings. The predicted molar refractivity (Wildman–Crippen MR) is 96.3 cm³/mol. The fraction of sp³-hybridized carbons (Fsp3) is 0.105. The van der Waals surface area contributed by atoms with Crippen molar-refractivity contribution in [3.05, 3.63) is 77.8 Å². The quantitative estimate of drug-likeness (QED) is 0.582. The van der Waals surface area contributed by atoms with Gasteiger partial charge in [-0.1, -0.05) is 6.07 Å². The van der Waals surface area contributed by atoms with Crippen molar-refractivity contribution in [1.82, 2.24) is 24.5 Å². The number of hydrogen-bond donors (Lipinski definition) is 2. The first-order valence-electron chi connectivity index (χ1n) is 8.26. The lowest BCUT2D eigenvalue weighted by Gasteiger charge is -2.01. The zero-order chi connectivity index (χ0) is 19.0. The van der Waals surface area contributed by atoms with E-state index in [-0.39, 0.29) is 23.8 Å². The van der Waals surface area contributed by atoms with Gasteiger partial charge in [-0.2, -0.15) is 5.10 Å². The highest BCUT2D eigenvalue weighted by atomic mass is 19.1. The Kier molecular flexibility index (Phi) is 4.08. The van der Waals surface area contributed by atoms with Crippen LogP contribution >= 0.6 is 0 Å². The molecule has 3 heterocycles. The lowest BCUT2D eigenvalue weighted by molar-refractivity contribution is 0.0942. The van der Waals surface area contributed by atoms with E-state index < -0.39 is 5.91 Å². The molecule has 0 saturated heterocycles. The van der Waals surface area contributed by atoms with Crippen LogP contribution in [0, 0.1) is 12.7 Å². The van der Waals surface area contributed by atoms with Crippen LogP contribution in [0.2, 0.25) is 0 Å². The lowest BCUT2D eigenvalue weighted by atomic mass is 10.3. The maximum Gasteiger partial charge on any atom is 0.275 e. The third-order valence-corrected chi connectivity index (χ3v) is 4.08. The number of carbonyl (C=O) groups excluding carboxylic acids is 1. The fourth-order valence-electron chi connectivity index (χ4n) is 2.75. The number of fused-ring (bicyclic) bond motifs is 1. The monoisotopic (exact) mass is 365 g/mol. The molecule has 0 aliphatic carbocycles. The lowest BCUT2D eigenvalue weighted by Crippen LogP contribution is -2.23. The molecule has 7 nitrogen and oxygen atoms in total. The Hall–Kier alpha value is -3.68. The third-order valence-electron chi connectivity index (χ3n) is 4.08. The highest BCUT2D eigenvalue weighted by molar-refractivity contribution is 5.94. The minimum absolute atomic E-state index is 0.112. The summed E-state index contributed by atoms with van der Waals surface area (Å²) >= 11 is 0. The molecule has 0 aliphatic rings. The number of benzene rings is 1. The summed E-state index contributed by atoms with van der Waals surface area (Å²) in [6.45, 7) is 2.18. The van der Waals surface area contributed by atoms with E-state index >= 15 is 0 Å². The molecule has 1 amide bonds. The average molecular weight is 365 g/mol. The first-order chi connectivity index (χ1) is 13.0. The second kappa shape index (κ2) is 6.56. The van der Waals surface area contributed by atoms with Crippen LogP contribution in [0.3, 0.4) is 0 Å². The molecule has 0 spiro atoms. The number of aromatic nitrogens is 4. The van der Waals surface area contributed by atoms with E-state index in [9.17, 15) is 14.3 Å². The van der Waals surface area contributed by atoms with Crippen LogP contribution in [-0.2, 0) is 6.54 Å².